The Kier molecular flexibility index (Phi) is 8.08. The molecule has 44 heavy (non-hydrogen) atoms. The number of aliphatic imine (C=N–C) groups is 1. The summed E-state index contributed by atoms with van der Waals surface area (Å²) in [6.45, 7) is 15.5. The number of anilines is 1. The van der Waals surface area contributed by atoms with Crippen LogP contribution in [0.25, 0.3) is 28.0 Å². The number of amidine groups is 1. The number of rotatable bonds is 5. The quantitative estimate of drug-likeness (QED) is 0.152. The maximum atomic E-state index is 5.18. The number of hydrogen-bond donors (Lipinski definition) is 0. The summed E-state index contributed by atoms with van der Waals surface area (Å²) in [5.74, 6) is 0.809. The van der Waals surface area contributed by atoms with Gasteiger partial charge in [-0.2, -0.15) is 0 Å². The van der Waals surface area contributed by atoms with Crippen molar-refractivity contribution in [3.8, 4) is 11.1 Å². The second-order valence-corrected chi connectivity index (χ2v) is 11.2. The number of hydrogen-bond acceptors (Lipinski definition) is 1. The van der Waals surface area contributed by atoms with Crippen molar-refractivity contribution in [2.45, 2.75) is 20.8 Å². The third kappa shape index (κ3) is 5.63. The van der Waals surface area contributed by atoms with Gasteiger partial charge in [0.05, 0.1) is 11.4 Å². The smallest absolute Gasteiger partial charge is 0.145 e. The highest BCUT2D eigenvalue weighted by molar-refractivity contribution is 6.17. The molecular formula is C42H36N2. The van der Waals surface area contributed by atoms with E-state index >= 15 is 0 Å². The van der Waals surface area contributed by atoms with E-state index in [0.717, 1.165) is 50.5 Å². The molecule has 0 aromatic heterocycles. The SMILES string of the molecule is C=C(N=C(c1ccccc1C)N1/C=C\C=C(\c2ccc(-c3ccccc3C)c(C)c2)C(=C)c2ccccc21)c1ccccc1. The van der Waals surface area contributed by atoms with Crippen molar-refractivity contribution in [2.75, 3.05) is 4.90 Å². The van der Waals surface area contributed by atoms with E-state index in [1.807, 2.05) is 30.3 Å². The van der Waals surface area contributed by atoms with Crippen LogP contribution < -0.4 is 4.90 Å². The molecular weight excluding hydrogens is 532 g/mol. The van der Waals surface area contributed by atoms with Crippen molar-refractivity contribution in [3.63, 3.8) is 0 Å². The first-order valence-corrected chi connectivity index (χ1v) is 14.9. The van der Waals surface area contributed by atoms with Gasteiger partial charge in [0.25, 0.3) is 0 Å². The van der Waals surface area contributed by atoms with Crippen LogP contribution in [0.4, 0.5) is 5.69 Å². The molecule has 0 radical (unpaired) electrons. The lowest BCUT2D eigenvalue weighted by atomic mass is 9.88. The third-order valence-electron chi connectivity index (χ3n) is 8.25. The first-order valence-electron chi connectivity index (χ1n) is 14.9. The van der Waals surface area contributed by atoms with E-state index in [-0.39, 0.29) is 0 Å². The Balaban J connectivity index is 1.48. The normalized spacial score (nSPS) is 15.1. The molecule has 1 heterocycles. The van der Waals surface area contributed by atoms with Crippen molar-refractivity contribution in [3.05, 3.63) is 192 Å². The van der Waals surface area contributed by atoms with Gasteiger partial charge in [-0.25, -0.2) is 4.99 Å². The maximum Gasteiger partial charge on any atom is 0.145 e. The van der Waals surface area contributed by atoms with Crippen molar-refractivity contribution in [1.29, 1.82) is 0 Å². The lowest BCUT2D eigenvalue weighted by molar-refractivity contribution is 1.28. The van der Waals surface area contributed by atoms with Gasteiger partial charge in [-0.15, -0.1) is 0 Å². The molecule has 0 N–H and O–H groups in total. The van der Waals surface area contributed by atoms with Crippen molar-refractivity contribution < 1.29 is 0 Å². The lowest BCUT2D eigenvalue weighted by Gasteiger charge is -2.29. The maximum absolute atomic E-state index is 5.18. The average Bonchev–Trinajstić information content (AvgIpc) is 3.04. The van der Waals surface area contributed by atoms with Gasteiger partial charge in [-0.1, -0.05) is 134 Å². The summed E-state index contributed by atoms with van der Waals surface area (Å²) in [6.07, 6.45) is 6.36. The zero-order valence-electron chi connectivity index (χ0n) is 25.6. The van der Waals surface area contributed by atoms with Crippen LogP contribution in [0.1, 0.15) is 38.9 Å². The molecule has 0 aliphatic carbocycles. The van der Waals surface area contributed by atoms with Crippen molar-refractivity contribution in [1.82, 2.24) is 0 Å². The molecule has 5 aromatic rings. The average molecular weight is 569 g/mol. The second-order valence-electron chi connectivity index (χ2n) is 11.2. The molecule has 214 valence electrons. The number of fused-ring (bicyclic) bond motifs is 1. The standard InChI is InChI=1S/C42H36N2/c1-29-16-9-11-20-36(29)37-26-25-35(28-31(37)3)39-23-15-27-44(41-24-14-13-22-40(41)32(39)4)42(38-21-12-10-17-30(38)2)43-33(5)34-18-7-6-8-19-34/h6-28H,4-5H2,1-3H3/b27-15-,39-23+,43-42?. The molecule has 0 bridgehead atoms. The van der Waals surface area contributed by atoms with Crippen molar-refractivity contribution in [2.24, 2.45) is 4.99 Å². The first-order chi connectivity index (χ1) is 21.4. The number of nitrogens with zero attached hydrogens (tertiary/aromatic N) is 2. The van der Waals surface area contributed by atoms with Crippen LogP contribution in [0.5, 0.6) is 0 Å². The summed E-state index contributed by atoms with van der Waals surface area (Å²) in [6, 6.07) is 42.2. The second kappa shape index (κ2) is 12.4. The van der Waals surface area contributed by atoms with E-state index in [1.54, 1.807) is 0 Å². The molecule has 1 aliphatic heterocycles. The van der Waals surface area contributed by atoms with Gasteiger partial charge in [0.15, 0.2) is 0 Å². The number of para-hydroxylation sites is 1. The van der Waals surface area contributed by atoms with Crippen molar-refractivity contribution >= 4 is 28.4 Å². The molecule has 0 unspecified atom stereocenters. The molecule has 0 saturated carbocycles. The van der Waals surface area contributed by atoms with Gasteiger partial charge in [0.2, 0.25) is 0 Å². The monoisotopic (exact) mass is 568 g/mol. The molecule has 0 spiro atoms. The van der Waals surface area contributed by atoms with Gasteiger partial charge in [0.1, 0.15) is 5.84 Å². The van der Waals surface area contributed by atoms with Crippen LogP contribution in [-0.2, 0) is 0 Å². The Morgan fingerprint density at radius 2 is 1.27 bits per heavy atom. The largest absolute Gasteiger partial charge is 0.301 e. The molecule has 2 nitrogen and oxygen atoms in total. The molecule has 0 saturated heterocycles. The van der Waals surface area contributed by atoms with E-state index in [0.29, 0.717) is 5.70 Å². The summed E-state index contributed by atoms with van der Waals surface area (Å²) in [7, 11) is 0. The highest BCUT2D eigenvalue weighted by Crippen LogP contribution is 2.39. The molecule has 5 aromatic carbocycles. The van der Waals surface area contributed by atoms with Crippen LogP contribution in [0.3, 0.4) is 0 Å². The highest BCUT2D eigenvalue weighted by atomic mass is 15.2. The van der Waals surface area contributed by atoms with Gasteiger partial charge >= 0.3 is 0 Å². The summed E-state index contributed by atoms with van der Waals surface area (Å²) in [4.78, 5) is 7.34. The fourth-order valence-corrected chi connectivity index (χ4v) is 5.84. The lowest BCUT2D eigenvalue weighted by Crippen LogP contribution is -2.28. The van der Waals surface area contributed by atoms with E-state index < -0.39 is 0 Å². The summed E-state index contributed by atoms with van der Waals surface area (Å²) in [5.41, 5.74) is 14.2. The Morgan fingerprint density at radius 1 is 0.636 bits per heavy atom. The van der Waals surface area contributed by atoms with E-state index in [1.165, 1.54) is 22.3 Å². The van der Waals surface area contributed by atoms with Crippen LogP contribution in [0, 0.1) is 20.8 Å². The molecule has 6 rings (SSSR count). The van der Waals surface area contributed by atoms with E-state index in [2.05, 4.69) is 148 Å². The number of benzene rings is 5. The fourth-order valence-electron chi connectivity index (χ4n) is 5.84. The minimum atomic E-state index is 0.705. The third-order valence-corrected chi connectivity index (χ3v) is 8.25. The summed E-state index contributed by atoms with van der Waals surface area (Å²) >= 11 is 0. The zero-order chi connectivity index (χ0) is 30.6. The molecule has 0 atom stereocenters. The van der Waals surface area contributed by atoms with Gasteiger partial charge < -0.3 is 4.90 Å². The van der Waals surface area contributed by atoms with Gasteiger partial charge in [-0.3, -0.25) is 0 Å². The van der Waals surface area contributed by atoms with Crippen LogP contribution in [-0.4, -0.2) is 5.84 Å². The molecule has 0 amide bonds. The fraction of sp³-hybridized carbons (Fsp3) is 0.0714. The molecule has 1 aliphatic rings. The van der Waals surface area contributed by atoms with Crippen LogP contribution >= 0.6 is 0 Å². The van der Waals surface area contributed by atoms with E-state index in [9.17, 15) is 0 Å². The Bertz CT molecular complexity index is 1970. The Labute approximate surface area is 261 Å². The Morgan fingerprint density at radius 3 is 2.00 bits per heavy atom. The highest BCUT2D eigenvalue weighted by Gasteiger charge is 2.23. The molecule has 0 fully saturated rings. The minimum absolute atomic E-state index is 0.705. The first kappa shape index (κ1) is 28.6. The molecule has 2 heteroatoms. The van der Waals surface area contributed by atoms with Crippen LogP contribution in [0.15, 0.2) is 158 Å². The Hall–Kier alpha value is -5.47. The number of aryl methyl sites for hydroxylation is 3. The van der Waals surface area contributed by atoms with Gasteiger partial charge in [0, 0.05) is 17.3 Å². The minimum Gasteiger partial charge on any atom is -0.301 e. The van der Waals surface area contributed by atoms with Crippen LogP contribution in [0.2, 0.25) is 0 Å². The predicted molar refractivity (Wildman–Crippen MR) is 190 cm³/mol. The summed E-state index contributed by atoms with van der Waals surface area (Å²) < 4.78 is 0. The topological polar surface area (TPSA) is 15.6 Å². The predicted octanol–water partition coefficient (Wildman–Crippen LogP) is 10.8. The van der Waals surface area contributed by atoms with Gasteiger partial charge in [-0.05, 0) is 83.0 Å². The zero-order valence-corrected chi connectivity index (χ0v) is 25.6. The number of allylic oxidation sites excluding steroid dienone is 4. The van der Waals surface area contributed by atoms with E-state index in [4.69, 9.17) is 4.99 Å². The summed E-state index contributed by atoms with van der Waals surface area (Å²) in [5, 5.41) is 0.